The van der Waals surface area contributed by atoms with Gasteiger partial charge in [0.1, 0.15) is 5.76 Å². The Morgan fingerprint density at radius 1 is 1.56 bits per heavy atom. The summed E-state index contributed by atoms with van der Waals surface area (Å²) in [6, 6.07) is 5.04. The maximum absolute atomic E-state index is 12.0. The van der Waals surface area contributed by atoms with Gasteiger partial charge in [0.05, 0.1) is 17.9 Å². The number of pyridine rings is 1. The molecule has 0 fully saturated rings. The van der Waals surface area contributed by atoms with E-state index >= 15 is 0 Å². The van der Waals surface area contributed by atoms with Gasteiger partial charge in [0.25, 0.3) is 5.91 Å². The SMILES string of the molecule is Cc1cc(N)c(C(=O)NC(C)c2ccco2)cn1. The predicted octanol–water partition coefficient (Wildman–Crippen LogP) is 2.06. The summed E-state index contributed by atoms with van der Waals surface area (Å²) in [6.07, 6.45) is 3.05. The molecule has 3 N–H and O–H groups in total. The third-order valence-corrected chi connectivity index (χ3v) is 2.63. The highest BCUT2D eigenvalue weighted by molar-refractivity contribution is 5.98. The van der Waals surface area contributed by atoms with Gasteiger partial charge in [-0.3, -0.25) is 9.78 Å². The number of rotatable bonds is 3. The molecule has 2 aromatic heterocycles. The van der Waals surface area contributed by atoms with Crippen LogP contribution in [-0.4, -0.2) is 10.9 Å². The van der Waals surface area contributed by atoms with Crippen molar-refractivity contribution in [2.45, 2.75) is 19.9 Å². The molecule has 94 valence electrons. The number of hydrogen-bond donors (Lipinski definition) is 2. The molecule has 0 bridgehead atoms. The van der Waals surface area contributed by atoms with Crippen molar-refractivity contribution in [2.75, 3.05) is 5.73 Å². The van der Waals surface area contributed by atoms with Crippen molar-refractivity contribution in [2.24, 2.45) is 0 Å². The Morgan fingerprint density at radius 3 is 2.94 bits per heavy atom. The molecule has 0 aliphatic rings. The number of hydrogen-bond acceptors (Lipinski definition) is 4. The minimum absolute atomic E-state index is 0.215. The number of furan rings is 1. The Hall–Kier alpha value is -2.30. The number of nitrogens with zero attached hydrogens (tertiary/aromatic N) is 1. The van der Waals surface area contributed by atoms with E-state index < -0.39 is 0 Å². The van der Waals surface area contributed by atoms with Gasteiger partial charge in [-0.25, -0.2) is 0 Å². The van der Waals surface area contributed by atoms with Crippen molar-refractivity contribution in [3.05, 3.63) is 47.7 Å². The molecule has 18 heavy (non-hydrogen) atoms. The number of anilines is 1. The summed E-state index contributed by atoms with van der Waals surface area (Å²) in [5.74, 6) is 0.436. The minimum atomic E-state index is -0.260. The molecule has 0 radical (unpaired) electrons. The Bertz CT molecular complexity index is 549. The first-order chi connectivity index (χ1) is 8.58. The zero-order valence-electron chi connectivity index (χ0n) is 10.3. The summed E-state index contributed by atoms with van der Waals surface area (Å²) in [5, 5.41) is 2.81. The van der Waals surface area contributed by atoms with Crippen molar-refractivity contribution in [3.8, 4) is 0 Å². The number of nitrogens with one attached hydrogen (secondary N) is 1. The molecule has 2 heterocycles. The molecule has 0 aliphatic heterocycles. The molecule has 0 aliphatic carbocycles. The summed E-state index contributed by atoms with van der Waals surface area (Å²) in [6.45, 7) is 3.66. The molecule has 1 atom stereocenters. The predicted molar refractivity (Wildman–Crippen MR) is 68.0 cm³/mol. The summed E-state index contributed by atoms with van der Waals surface area (Å²) >= 11 is 0. The molecule has 5 heteroatoms. The zero-order chi connectivity index (χ0) is 13.1. The molecule has 2 aromatic rings. The molecule has 1 amide bonds. The van der Waals surface area contributed by atoms with Crippen LogP contribution < -0.4 is 11.1 Å². The van der Waals surface area contributed by atoms with Crippen molar-refractivity contribution >= 4 is 11.6 Å². The van der Waals surface area contributed by atoms with Gasteiger partial charge >= 0.3 is 0 Å². The van der Waals surface area contributed by atoms with Gasteiger partial charge in [-0.2, -0.15) is 0 Å². The third-order valence-electron chi connectivity index (χ3n) is 2.63. The van der Waals surface area contributed by atoms with Crippen LogP contribution in [0.4, 0.5) is 5.69 Å². The second-order valence-corrected chi connectivity index (χ2v) is 4.12. The van der Waals surface area contributed by atoms with Crippen LogP contribution >= 0.6 is 0 Å². The fourth-order valence-corrected chi connectivity index (χ4v) is 1.65. The molecule has 0 spiro atoms. The lowest BCUT2D eigenvalue weighted by Gasteiger charge is -2.12. The monoisotopic (exact) mass is 245 g/mol. The van der Waals surface area contributed by atoms with Crippen molar-refractivity contribution in [1.82, 2.24) is 10.3 Å². The first-order valence-corrected chi connectivity index (χ1v) is 5.64. The standard InChI is InChI=1S/C13H15N3O2/c1-8-6-11(14)10(7-15-8)13(17)16-9(2)12-4-3-5-18-12/h3-7,9H,1-2H3,(H2,14,15)(H,16,17). The third kappa shape index (κ3) is 2.51. The maximum atomic E-state index is 12.0. The summed E-state index contributed by atoms with van der Waals surface area (Å²) in [4.78, 5) is 16.1. The van der Waals surface area contributed by atoms with Gasteiger partial charge < -0.3 is 15.5 Å². The van der Waals surface area contributed by atoms with E-state index in [1.54, 1.807) is 18.4 Å². The summed E-state index contributed by atoms with van der Waals surface area (Å²) in [5.41, 5.74) is 7.37. The van der Waals surface area contributed by atoms with Crippen LogP contribution in [0.1, 0.15) is 34.8 Å². The molecular formula is C13H15N3O2. The average molecular weight is 245 g/mol. The maximum Gasteiger partial charge on any atom is 0.255 e. The summed E-state index contributed by atoms with van der Waals surface area (Å²) in [7, 11) is 0. The van der Waals surface area contributed by atoms with Gasteiger partial charge in [-0.05, 0) is 32.0 Å². The van der Waals surface area contributed by atoms with Crippen LogP contribution in [0.15, 0.2) is 35.1 Å². The van der Waals surface area contributed by atoms with E-state index in [-0.39, 0.29) is 11.9 Å². The highest BCUT2D eigenvalue weighted by Crippen LogP contribution is 2.16. The smallest absolute Gasteiger partial charge is 0.255 e. The lowest BCUT2D eigenvalue weighted by molar-refractivity contribution is 0.0936. The van der Waals surface area contributed by atoms with Crippen molar-refractivity contribution < 1.29 is 9.21 Å². The van der Waals surface area contributed by atoms with Gasteiger partial charge in [0, 0.05) is 17.6 Å². The first-order valence-electron chi connectivity index (χ1n) is 5.64. The van der Waals surface area contributed by atoms with E-state index in [4.69, 9.17) is 10.2 Å². The van der Waals surface area contributed by atoms with Gasteiger partial charge in [-0.1, -0.05) is 0 Å². The second kappa shape index (κ2) is 4.91. The van der Waals surface area contributed by atoms with E-state index in [0.29, 0.717) is 17.0 Å². The second-order valence-electron chi connectivity index (χ2n) is 4.12. The van der Waals surface area contributed by atoms with Crippen molar-refractivity contribution in [1.29, 1.82) is 0 Å². The number of carbonyl (C=O) groups excluding carboxylic acids is 1. The number of amides is 1. The molecular weight excluding hydrogens is 230 g/mol. The molecule has 0 saturated carbocycles. The van der Waals surface area contributed by atoms with Gasteiger partial charge in [0.15, 0.2) is 0 Å². The summed E-state index contributed by atoms with van der Waals surface area (Å²) < 4.78 is 5.22. The molecule has 1 unspecified atom stereocenters. The Labute approximate surface area is 105 Å². The molecule has 0 aromatic carbocycles. The largest absolute Gasteiger partial charge is 0.467 e. The number of carbonyl (C=O) groups is 1. The van der Waals surface area contributed by atoms with Crippen LogP contribution in [0.2, 0.25) is 0 Å². The van der Waals surface area contributed by atoms with E-state index in [2.05, 4.69) is 10.3 Å². The quantitative estimate of drug-likeness (QED) is 0.867. The minimum Gasteiger partial charge on any atom is -0.467 e. The molecule has 0 saturated heterocycles. The van der Waals surface area contributed by atoms with Crippen LogP contribution in [0.25, 0.3) is 0 Å². The van der Waals surface area contributed by atoms with E-state index in [1.807, 2.05) is 19.9 Å². The fourth-order valence-electron chi connectivity index (χ4n) is 1.65. The number of aryl methyl sites for hydroxylation is 1. The van der Waals surface area contributed by atoms with Crippen molar-refractivity contribution in [3.63, 3.8) is 0 Å². The van der Waals surface area contributed by atoms with E-state index in [0.717, 1.165) is 5.69 Å². The average Bonchev–Trinajstić information content (AvgIpc) is 2.81. The van der Waals surface area contributed by atoms with Crippen LogP contribution in [-0.2, 0) is 0 Å². The highest BCUT2D eigenvalue weighted by atomic mass is 16.3. The van der Waals surface area contributed by atoms with Crippen LogP contribution in [0.5, 0.6) is 0 Å². The zero-order valence-corrected chi connectivity index (χ0v) is 10.3. The Morgan fingerprint density at radius 2 is 2.33 bits per heavy atom. The lowest BCUT2D eigenvalue weighted by Crippen LogP contribution is -2.27. The van der Waals surface area contributed by atoms with Crippen LogP contribution in [0, 0.1) is 6.92 Å². The lowest BCUT2D eigenvalue weighted by atomic mass is 10.2. The topological polar surface area (TPSA) is 81.2 Å². The van der Waals surface area contributed by atoms with Gasteiger partial charge in [-0.15, -0.1) is 0 Å². The molecule has 2 rings (SSSR count). The van der Waals surface area contributed by atoms with Crippen LogP contribution in [0.3, 0.4) is 0 Å². The van der Waals surface area contributed by atoms with E-state index in [9.17, 15) is 4.79 Å². The molecule has 5 nitrogen and oxygen atoms in total. The Balaban J connectivity index is 2.12. The normalized spacial score (nSPS) is 12.1. The van der Waals surface area contributed by atoms with E-state index in [1.165, 1.54) is 6.20 Å². The fraction of sp³-hybridized carbons (Fsp3) is 0.231. The first kappa shape index (κ1) is 12.2. The van der Waals surface area contributed by atoms with Gasteiger partial charge in [0.2, 0.25) is 0 Å². The highest BCUT2D eigenvalue weighted by Gasteiger charge is 2.15. The Kier molecular flexibility index (Phi) is 3.32. The number of nitrogen functional groups attached to an aromatic ring is 1. The number of aromatic nitrogens is 1. The number of nitrogens with two attached hydrogens (primary N) is 1.